The van der Waals surface area contributed by atoms with Gasteiger partial charge in [0.25, 0.3) is 0 Å². The van der Waals surface area contributed by atoms with Crippen molar-refractivity contribution in [3.63, 3.8) is 0 Å². The number of thioether (sulfide) groups is 1. The van der Waals surface area contributed by atoms with Gasteiger partial charge in [-0.1, -0.05) is 36.0 Å². The van der Waals surface area contributed by atoms with Gasteiger partial charge in [-0.3, -0.25) is 9.69 Å². The van der Waals surface area contributed by atoms with Gasteiger partial charge in [0.1, 0.15) is 11.5 Å². The summed E-state index contributed by atoms with van der Waals surface area (Å²) in [6.07, 6.45) is 0.265. The molecule has 0 N–H and O–H groups in total. The third-order valence-electron chi connectivity index (χ3n) is 5.30. The molecule has 0 radical (unpaired) electrons. The van der Waals surface area contributed by atoms with Gasteiger partial charge in [-0.2, -0.15) is 5.26 Å². The fourth-order valence-corrected chi connectivity index (χ4v) is 5.01. The Morgan fingerprint density at radius 2 is 2.07 bits per heavy atom. The van der Waals surface area contributed by atoms with Crippen LogP contribution in [0, 0.1) is 11.3 Å². The maximum absolute atomic E-state index is 13.1. The van der Waals surface area contributed by atoms with Crippen molar-refractivity contribution in [1.82, 2.24) is 4.90 Å². The Balaban J connectivity index is 1.66. The summed E-state index contributed by atoms with van der Waals surface area (Å²) >= 11 is 1.52. The second-order valence-corrected chi connectivity index (χ2v) is 7.97. The summed E-state index contributed by atoms with van der Waals surface area (Å²) < 4.78 is 11.1. The number of nitrogens with zero attached hydrogens (tertiary/aromatic N) is 3. The van der Waals surface area contributed by atoms with Gasteiger partial charge >= 0.3 is 0 Å². The number of amides is 1. The van der Waals surface area contributed by atoms with E-state index in [0.717, 1.165) is 27.8 Å². The van der Waals surface area contributed by atoms with Crippen LogP contribution < -0.4 is 14.4 Å². The maximum atomic E-state index is 13.1. The number of ether oxygens (including phenoxy) is 2. The third-order valence-corrected chi connectivity index (χ3v) is 6.45. The summed E-state index contributed by atoms with van der Waals surface area (Å²) in [5, 5.41) is 10.7. The molecular formula is C23H23N3O3S. The lowest BCUT2D eigenvalue weighted by Gasteiger charge is -2.42. The first-order valence-corrected chi connectivity index (χ1v) is 10.8. The second kappa shape index (κ2) is 8.72. The molecule has 30 heavy (non-hydrogen) atoms. The smallest absolute Gasteiger partial charge is 0.229 e. The molecule has 2 aromatic rings. The summed E-state index contributed by atoms with van der Waals surface area (Å²) in [6, 6.07) is 17.8. The Morgan fingerprint density at radius 3 is 2.83 bits per heavy atom. The van der Waals surface area contributed by atoms with Gasteiger partial charge in [-0.25, -0.2) is 0 Å². The molecule has 1 fully saturated rings. The molecule has 6 nitrogen and oxygen atoms in total. The molecular weight excluding hydrogens is 398 g/mol. The number of hydrogen-bond donors (Lipinski definition) is 0. The molecule has 0 saturated carbocycles. The first kappa shape index (κ1) is 20.2. The first-order valence-electron chi connectivity index (χ1n) is 9.84. The van der Waals surface area contributed by atoms with Crippen LogP contribution in [0.15, 0.2) is 59.1 Å². The molecule has 4 rings (SSSR count). The average Bonchev–Trinajstić information content (AvgIpc) is 2.79. The Kier molecular flexibility index (Phi) is 5.86. The minimum atomic E-state index is -0.251. The van der Waals surface area contributed by atoms with E-state index < -0.39 is 0 Å². The minimum Gasteiger partial charge on any atom is -0.497 e. The minimum absolute atomic E-state index is 0.0166. The number of methoxy groups -OCH3 is 1. The van der Waals surface area contributed by atoms with Gasteiger partial charge in [-0.15, -0.1) is 0 Å². The van der Waals surface area contributed by atoms with E-state index in [-0.39, 0.29) is 18.2 Å². The fraction of sp³-hybridized carbons (Fsp3) is 0.304. The molecule has 0 aliphatic carbocycles. The van der Waals surface area contributed by atoms with Gasteiger partial charge in [0.05, 0.1) is 48.6 Å². The molecule has 2 aromatic carbocycles. The van der Waals surface area contributed by atoms with Gasteiger partial charge in [-0.05, 0) is 36.8 Å². The van der Waals surface area contributed by atoms with E-state index >= 15 is 0 Å². The molecule has 0 aromatic heterocycles. The van der Waals surface area contributed by atoms with Gasteiger partial charge < -0.3 is 14.4 Å². The zero-order valence-electron chi connectivity index (χ0n) is 17.0. The lowest BCUT2D eigenvalue weighted by atomic mass is 9.86. The van der Waals surface area contributed by atoms with Crippen molar-refractivity contribution in [2.24, 2.45) is 0 Å². The van der Waals surface area contributed by atoms with Crippen LogP contribution in [0.3, 0.4) is 0 Å². The largest absolute Gasteiger partial charge is 0.497 e. The van der Waals surface area contributed by atoms with Gasteiger partial charge in [0.15, 0.2) is 0 Å². The van der Waals surface area contributed by atoms with E-state index in [2.05, 4.69) is 11.0 Å². The van der Waals surface area contributed by atoms with Crippen molar-refractivity contribution in [3.05, 3.63) is 64.7 Å². The monoisotopic (exact) mass is 421 g/mol. The highest BCUT2D eigenvalue weighted by Crippen LogP contribution is 2.44. The SMILES string of the molecule is CCOc1ccccc1N1CSC2=C(C#N)[C@@H](c3cccc(OC)c3)CC(=O)N2C1. The standard InChI is InChI=1S/C23H23N3O3S/c1-3-29-21-10-5-4-9-20(21)25-14-26-22(27)12-18(19(13-24)23(26)30-15-25)16-7-6-8-17(11-16)28-2/h4-11,18H,3,12,14-15H2,1-2H3/t18-/m1/s1. The predicted molar refractivity (Wildman–Crippen MR) is 117 cm³/mol. The lowest BCUT2D eigenvalue weighted by molar-refractivity contribution is -0.129. The number of carbonyl (C=O) groups is 1. The van der Waals surface area contributed by atoms with Gasteiger partial charge in [0.2, 0.25) is 5.91 Å². The van der Waals surface area contributed by atoms with Crippen LogP contribution in [0.4, 0.5) is 5.69 Å². The Morgan fingerprint density at radius 1 is 1.23 bits per heavy atom. The molecule has 0 bridgehead atoms. The number of fused-ring (bicyclic) bond motifs is 1. The van der Waals surface area contributed by atoms with Crippen LogP contribution in [0.2, 0.25) is 0 Å². The zero-order valence-corrected chi connectivity index (χ0v) is 17.8. The number of rotatable bonds is 5. The van der Waals surface area contributed by atoms with Crippen molar-refractivity contribution in [1.29, 1.82) is 5.26 Å². The summed E-state index contributed by atoms with van der Waals surface area (Å²) in [7, 11) is 1.61. The third kappa shape index (κ3) is 3.71. The summed E-state index contributed by atoms with van der Waals surface area (Å²) in [4.78, 5) is 16.9. The Bertz CT molecular complexity index is 1030. The Labute approximate surface area is 180 Å². The molecule has 1 saturated heterocycles. The van der Waals surface area contributed by atoms with Crippen LogP contribution >= 0.6 is 11.8 Å². The van der Waals surface area contributed by atoms with E-state index in [1.54, 1.807) is 12.0 Å². The van der Waals surface area contributed by atoms with Crippen molar-refractivity contribution in [2.75, 3.05) is 31.2 Å². The molecule has 2 aliphatic heterocycles. The fourth-order valence-electron chi connectivity index (χ4n) is 3.85. The summed E-state index contributed by atoms with van der Waals surface area (Å²) in [5.41, 5.74) is 2.52. The lowest BCUT2D eigenvalue weighted by Crippen LogP contribution is -2.47. The highest BCUT2D eigenvalue weighted by Gasteiger charge is 2.38. The normalized spacial score (nSPS) is 18.7. The van der Waals surface area contributed by atoms with Crippen molar-refractivity contribution in [2.45, 2.75) is 19.3 Å². The number of hydrogen-bond acceptors (Lipinski definition) is 6. The highest BCUT2D eigenvalue weighted by atomic mass is 32.2. The second-order valence-electron chi connectivity index (χ2n) is 7.04. The number of para-hydroxylation sites is 2. The molecule has 0 spiro atoms. The summed E-state index contributed by atoms with van der Waals surface area (Å²) in [6.45, 7) is 2.93. The molecule has 2 aliphatic rings. The van der Waals surface area contributed by atoms with Crippen LogP contribution in [0.25, 0.3) is 0 Å². The number of nitriles is 1. The molecule has 0 unspecified atom stereocenters. The average molecular weight is 422 g/mol. The number of anilines is 1. The predicted octanol–water partition coefficient (Wildman–Crippen LogP) is 4.31. The van der Waals surface area contributed by atoms with Crippen LogP contribution in [0.5, 0.6) is 11.5 Å². The van der Waals surface area contributed by atoms with Crippen LogP contribution in [-0.4, -0.2) is 37.1 Å². The molecule has 1 amide bonds. The van der Waals surface area contributed by atoms with E-state index in [9.17, 15) is 10.1 Å². The first-order chi connectivity index (χ1) is 14.7. The van der Waals surface area contributed by atoms with E-state index in [0.29, 0.717) is 24.7 Å². The topological polar surface area (TPSA) is 65.8 Å². The van der Waals surface area contributed by atoms with Crippen LogP contribution in [0.1, 0.15) is 24.8 Å². The number of allylic oxidation sites excluding steroid dienone is 1. The van der Waals surface area contributed by atoms with Gasteiger partial charge in [0, 0.05) is 12.3 Å². The van der Waals surface area contributed by atoms with Crippen LogP contribution in [-0.2, 0) is 4.79 Å². The maximum Gasteiger partial charge on any atom is 0.229 e. The zero-order chi connectivity index (χ0) is 21.1. The molecule has 2 heterocycles. The quantitative estimate of drug-likeness (QED) is 0.717. The van der Waals surface area contributed by atoms with Crippen molar-refractivity contribution < 1.29 is 14.3 Å². The molecule has 7 heteroatoms. The van der Waals surface area contributed by atoms with E-state index in [1.165, 1.54) is 11.8 Å². The van der Waals surface area contributed by atoms with E-state index in [1.807, 2.05) is 55.5 Å². The number of carbonyl (C=O) groups excluding carboxylic acids is 1. The summed E-state index contributed by atoms with van der Waals surface area (Å²) in [5.74, 6) is 1.92. The number of benzene rings is 2. The highest BCUT2D eigenvalue weighted by molar-refractivity contribution is 8.03. The van der Waals surface area contributed by atoms with Crippen molar-refractivity contribution in [3.8, 4) is 17.6 Å². The Hall–Kier alpha value is -3.11. The van der Waals surface area contributed by atoms with E-state index in [4.69, 9.17) is 9.47 Å². The molecule has 154 valence electrons. The molecule has 1 atom stereocenters. The van der Waals surface area contributed by atoms with Crippen molar-refractivity contribution >= 4 is 23.4 Å².